The Morgan fingerprint density at radius 3 is 2.53 bits per heavy atom. The van der Waals surface area contributed by atoms with E-state index in [4.69, 9.17) is 4.42 Å². The summed E-state index contributed by atoms with van der Waals surface area (Å²) in [5, 5.41) is 12.4. The third kappa shape index (κ3) is 4.77. The molecule has 0 saturated carbocycles. The Kier molecular flexibility index (Phi) is 6.09. The van der Waals surface area contributed by atoms with Gasteiger partial charge < -0.3 is 19.7 Å². The Bertz CT molecular complexity index is 932. The molecule has 1 aliphatic rings. The maximum Gasteiger partial charge on any atom is 0.276 e. The molecule has 0 aliphatic carbocycles. The molecule has 1 aromatic carbocycles. The van der Waals surface area contributed by atoms with Gasteiger partial charge in [0.15, 0.2) is 5.69 Å². The molecule has 7 nitrogen and oxygen atoms in total. The first kappa shape index (κ1) is 21.7. The molecular formula is C21H25F2N3O4. The normalized spacial score (nSPS) is 17.1. The smallest absolute Gasteiger partial charge is 0.276 e. The van der Waals surface area contributed by atoms with Gasteiger partial charge in [-0.3, -0.25) is 9.59 Å². The average molecular weight is 421 g/mol. The molecule has 30 heavy (non-hydrogen) atoms. The number of carbonyl (C=O) groups is 2. The quantitative estimate of drug-likeness (QED) is 0.768. The summed E-state index contributed by atoms with van der Waals surface area (Å²) < 4.78 is 32.4. The second-order valence-corrected chi connectivity index (χ2v) is 7.85. The Hall–Kier alpha value is -2.97. The highest BCUT2D eigenvalue weighted by molar-refractivity contribution is 5.95. The van der Waals surface area contributed by atoms with Gasteiger partial charge in [-0.15, -0.1) is 0 Å². The second kappa shape index (κ2) is 8.41. The number of hydrogen-bond donors (Lipinski definition) is 2. The third-order valence-corrected chi connectivity index (χ3v) is 5.13. The Morgan fingerprint density at radius 2 is 1.93 bits per heavy atom. The monoisotopic (exact) mass is 421 g/mol. The molecule has 0 bridgehead atoms. The van der Waals surface area contributed by atoms with Gasteiger partial charge in [0.2, 0.25) is 5.89 Å². The fraction of sp³-hybridized carbons (Fsp3) is 0.476. The summed E-state index contributed by atoms with van der Waals surface area (Å²) in [7, 11) is 0. The number of nitrogens with zero attached hydrogens (tertiary/aromatic N) is 2. The number of aryl methyl sites for hydroxylation is 1. The van der Waals surface area contributed by atoms with E-state index in [1.54, 1.807) is 19.1 Å². The minimum Gasteiger partial charge on any atom is -0.508 e. The molecule has 1 aliphatic heterocycles. The maximum atomic E-state index is 13.4. The number of amides is 2. The molecule has 1 saturated heterocycles. The summed E-state index contributed by atoms with van der Waals surface area (Å²) in [6.45, 7) is 5.21. The van der Waals surface area contributed by atoms with Crippen molar-refractivity contribution in [2.24, 2.45) is 5.92 Å². The molecule has 2 aromatic rings. The van der Waals surface area contributed by atoms with Crippen molar-refractivity contribution >= 4 is 11.8 Å². The van der Waals surface area contributed by atoms with Crippen molar-refractivity contribution in [3.8, 4) is 5.75 Å². The molecule has 2 heterocycles. The first-order valence-electron chi connectivity index (χ1n) is 9.82. The number of oxazole rings is 1. The van der Waals surface area contributed by atoms with Crippen LogP contribution in [0.1, 0.15) is 65.2 Å². The Labute approximate surface area is 173 Å². The minimum absolute atomic E-state index is 0.0318. The summed E-state index contributed by atoms with van der Waals surface area (Å²) in [6.07, 6.45) is -0.756. The summed E-state index contributed by atoms with van der Waals surface area (Å²) in [5.41, 5.74) is 0.335. The number of phenolic OH excluding ortho intramolecular Hbond substituents is 1. The van der Waals surface area contributed by atoms with E-state index >= 15 is 0 Å². The maximum absolute atomic E-state index is 13.4. The van der Waals surface area contributed by atoms with Crippen LogP contribution in [0.3, 0.4) is 0 Å². The van der Waals surface area contributed by atoms with Crippen molar-refractivity contribution in [3.63, 3.8) is 0 Å². The highest BCUT2D eigenvalue weighted by Crippen LogP contribution is 2.30. The Morgan fingerprint density at radius 1 is 1.27 bits per heavy atom. The lowest BCUT2D eigenvalue weighted by molar-refractivity contribution is -0.0495. The number of hydrogen-bond acceptors (Lipinski definition) is 5. The van der Waals surface area contributed by atoms with Gasteiger partial charge in [-0.05, 0) is 31.0 Å². The number of benzene rings is 1. The van der Waals surface area contributed by atoms with Crippen LogP contribution >= 0.6 is 0 Å². The number of aromatic nitrogens is 1. The SMILES string of the molecule is Cc1oc([C@@H](NC(=O)c2cccc(O)c2)C(C)C)nc1C(=O)N1CCC(F)(F)CC1. The predicted molar refractivity (Wildman–Crippen MR) is 104 cm³/mol. The topological polar surface area (TPSA) is 95.7 Å². The van der Waals surface area contributed by atoms with Crippen LogP contribution in [0.4, 0.5) is 8.78 Å². The highest BCUT2D eigenvalue weighted by atomic mass is 19.3. The fourth-order valence-corrected chi connectivity index (χ4v) is 3.32. The van der Waals surface area contributed by atoms with E-state index in [-0.39, 0.29) is 60.5 Å². The van der Waals surface area contributed by atoms with E-state index < -0.39 is 23.8 Å². The number of rotatable bonds is 5. The molecule has 0 unspecified atom stereocenters. The van der Waals surface area contributed by atoms with E-state index in [1.165, 1.54) is 17.0 Å². The molecule has 9 heteroatoms. The highest BCUT2D eigenvalue weighted by Gasteiger charge is 2.37. The van der Waals surface area contributed by atoms with E-state index in [1.807, 2.05) is 13.8 Å². The van der Waals surface area contributed by atoms with Crippen LogP contribution in [0.2, 0.25) is 0 Å². The van der Waals surface area contributed by atoms with Gasteiger partial charge in [0, 0.05) is 31.5 Å². The lowest BCUT2D eigenvalue weighted by atomic mass is 10.0. The zero-order valence-electron chi connectivity index (χ0n) is 17.1. The summed E-state index contributed by atoms with van der Waals surface area (Å²) in [5.74, 6) is -3.34. The van der Waals surface area contributed by atoms with Gasteiger partial charge in [0.05, 0.1) is 0 Å². The molecule has 3 rings (SSSR count). The molecule has 0 radical (unpaired) electrons. The van der Waals surface area contributed by atoms with Crippen LogP contribution in [0.15, 0.2) is 28.7 Å². The first-order valence-corrected chi connectivity index (χ1v) is 9.82. The molecule has 1 fully saturated rings. The molecule has 1 aromatic heterocycles. The second-order valence-electron chi connectivity index (χ2n) is 7.85. The van der Waals surface area contributed by atoms with Crippen molar-refractivity contribution in [2.45, 2.75) is 45.6 Å². The third-order valence-electron chi connectivity index (χ3n) is 5.13. The Balaban J connectivity index is 1.78. The van der Waals surface area contributed by atoms with Crippen molar-refractivity contribution in [1.29, 1.82) is 0 Å². The average Bonchev–Trinajstić information content (AvgIpc) is 3.06. The summed E-state index contributed by atoms with van der Waals surface area (Å²) in [4.78, 5) is 31.0. The lowest BCUT2D eigenvalue weighted by Crippen LogP contribution is -2.43. The lowest BCUT2D eigenvalue weighted by Gasteiger charge is -2.31. The molecule has 2 N–H and O–H groups in total. The van der Waals surface area contributed by atoms with Crippen molar-refractivity contribution in [3.05, 3.63) is 47.2 Å². The van der Waals surface area contributed by atoms with Crippen LogP contribution in [0, 0.1) is 12.8 Å². The van der Waals surface area contributed by atoms with Gasteiger partial charge in [0.25, 0.3) is 17.7 Å². The number of likely N-dealkylation sites (tertiary alicyclic amines) is 1. The van der Waals surface area contributed by atoms with Gasteiger partial charge in [-0.25, -0.2) is 13.8 Å². The van der Waals surface area contributed by atoms with Crippen LogP contribution in [-0.4, -0.2) is 45.8 Å². The molecule has 162 valence electrons. The van der Waals surface area contributed by atoms with Crippen molar-refractivity contribution in [1.82, 2.24) is 15.2 Å². The van der Waals surface area contributed by atoms with E-state index in [2.05, 4.69) is 10.3 Å². The van der Waals surface area contributed by atoms with E-state index in [9.17, 15) is 23.5 Å². The fourth-order valence-electron chi connectivity index (χ4n) is 3.32. The van der Waals surface area contributed by atoms with Crippen LogP contribution in [0.25, 0.3) is 0 Å². The van der Waals surface area contributed by atoms with E-state index in [0.717, 1.165) is 0 Å². The minimum atomic E-state index is -2.75. The zero-order chi connectivity index (χ0) is 22.1. The number of aromatic hydroxyl groups is 1. The number of piperidine rings is 1. The molecule has 2 amide bonds. The number of nitrogens with one attached hydrogen (secondary N) is 1. The number of alkyl halides is 2. The van der Waals surface area contributed by atoms with E-state index in [0.29, 0.717) is 0 Å². The standard InChI is InChI=1S/C21H25F2N3O4/c1-12(2)16(24-18(28)14-5-4-6-15(27)11-14)19-25-17(13(3)30-19)20(29)26-9-7-21(22,23)8-10-26/h4-6,11-12,16,27H,7-10H2,1-3H3,(H,24,28)/t16-/m0/s1. The number of carbonyl (C=O) groups excluding carboxylic acids is 2. The molecular weight excluding hydrogens is 396 g/mol. The largest absolute Gasteiger partial charge is 0.508 e. The summed E-state index contributed by atoms with van der Waals surface area (Å²) >= 11 is 0. The van der Waals surface area contributed by atoms with Gasteiger partial charge in [-0.1, -0.05) is 19.9 Å². The predicted octanol–water partition coefficient (Wildman–Crippen LogP) is 3.69. The van der Waals surface area contributed by atoms with Crippen molar-refractivity contribution in [2.75, 3.05) is 13.1 Å². The molecule has 0 spiro atoms. The number of halogens is 2. The van der Waals surface area contributed by atoms with Gasteiger partial charge in [0.1, 0.15) is 17.6 Å². The van der Waals surface area contributed by atoms with Crippen LogP contribution < -0.4 is 5.32 Å². The first-order chi connectivity index (χ1) is 14.1. The zero-order valence-corrected chi connectivity index (χ0v) is 17.1. The van der Waals surface area contributed by atoms with Gasteiger partial charge >= 0.3 is 0 Å². The van der Waals surface area contributed by atoms with Gasteiger partial charge in [-0.2, -0.15) is 0 Å². The van der Waals surface area contributed by atoms with Crippen LogP contribution in [0.5, 0.6) is 5.75 Å². The van der Waals surface area contributed by atoms with Crippen LogP contribution in [-0.2, 0) is 0 Å². The molecule has 1 atom stereocenters. The number of phenols is 1. The van der Waals surface area contributed by atoms with Crippen molar-refractivity contribution < 1.29 is 27.9 Å². The summed E-state index contributed by atoms with van der Waals surface area (Å²) in [6, 6.07) is 5.31.